The highest BCUT2D eigenvalue weighted by atomic mass is 19.1. The van der Waals surface area contributed by atoms with Crippen molar-refractivity contribution < 1.29 is 9.50 Å². The molecule has 0 amide bonds. The van der Waals surface area contributed by atoms with Gasteiger partial charge in [0, 0.05) is 0 Å². The van der Waals surface area contributed by atoms with Crippen LogP contribution >= 0.6 is 0 Å². The smallest absolute Gasteiger partial charge is 0.274 e. The van der Waals surface area contributed by atoms with Crippen molar-refractivity contribution in [2.45, 2.75) is 13.5 Å². The molecule has 0 aliphatic heterocycles. The van der Waals surface area contributed by atoms with Crippen molar-refractivity contribution in [3.05, 3.63) is 45.6 Å². The summed E-state index contributed by atoms with van der Waals surface area (Å²) in [6.45, 7) is 1.45. The van der Waals surface area contributed by atoms with Crippen LogP contribution in [0.25, 0.3) is 16.6 Å². The van der Waals surface area contributed by atoms with E-state index in [1.165, 1.54) is 16.6 Å². The summed E-state index contributed by atoms with van der Waals surface area (Å²) >= 11 is 0. The van der Waals surface area contributed by atoms with Crippen LogP contribution in [0.1, 0.15) is 11.3 Å². The molecule has 3 rings (SSSR count). The van der Waals surface area contributed by atoms with Gasteiger partial charge in [-0.3, -0.25) is 4.79 Å². The number of nitrogens with zero attached hydrogens (tertiary/aromatic N) is 2. The Hall–Kier alpha value is -2.21. The first-order valence-electron chi connectivity index (χ1n) is 5.42. The summed E-state index contributed by atoms with van der Waals surface area (Å²) in [4.78, 5) is 14.4. The summed E-state index contributed by atoms with van der Waals surface area (Å²) in [7, 11) is 0. The Morgan fingerprint density at radius 3 is 2.94 bits per heavy atom. The van der Waals surface area contributed by atoms with Gasteiger partial charge in [-0.1, -0.05) is 0 Å². The molecular formula is C12H10FN3O2. The normalized spacial score (nSPS) is 11.5. The van der Waals surface area contributed by atoms with Gasteiger partial charge in [0.05, 0.1) is 17.8 Å². The maximum atomic E-state index is 14.0. The lowest BCUT2D eigenvalue weighted by molar-refractivity contribution is 0.281. The third kappa shape index (κ3) is 1.42. The fourth-order valence-corrected chi connectivity index (χ4v) is 2.08. The van der Waals surface area contributed by atoms with Crippen LogP contribution in [0.15, 0.2) is 23.0 Å². The van der Waals surface area contributed by atoms with E-state index in [1.807, 2.05) is 0 Å². The molecular weight excluding hydrogens is 237 g/mol. The summed E-state index contributed by atoms with van der Waals surface area (Å²) in [5.74, 6) is -0.527. The van der Waals surface area contributed by atoms with Crippen LogP contribution in [-0.4, -0.2) is 19.7 Å². The molecule has 0 bridgehead atoms. The maximum absolute atomic E-state index is 14.0. The number of nitrogens with one attached hydrogen (secondary N) is 1. The second kappa shape index (κ2) is 3.64. The molecule has 0 fully saturated rings. The fourth-order valence-electron chi connectivity index (χ4n) is 2.08. The standard InChI is InChI=1S/C12H10FN3O2/c1-6-2-10-12(18)14-9-4-7(5-17)3-8(13)11(9)16(10)15-6/h2-4,17H,5H2,1H3,(H,14,18). The fraction of sp³-hybridized carbons (Fsp3) is 0.167. The number of H-pyrrole nitrogens is 1. The predicted octanol–water partition coefficient (Wildman–Crippen LogP) is 1.12. The largest absolute Gasteiger partial charge is 0.392 e. The minimum absolute atomic E-state index is 0.204. The van der Waals surface area contributed by atoms with Gasteiger partial charge in [-0.25, -0.2) is 8.91 Å². The summed E-state index contributed by atoms with van der Waals surface area (Å²) in [5.41, 5.74) is 1.53. The highest BCUT2D eigenvalue weighted by Crippen LogP contribution is 2.18. The van der Waals surface area contributed by atoms with Crippen molar-refractivity contribution in [3.63, 3.8) is 0 Å². The van der Waals surface area contributed by atoms with Crippen molar-refractivity contribution in [3.8, 4) is 0 Å². The van der Waals surface area contributed by atoms with Gasteiger partial charge in [-0.2, -0.15) is 5.10 Å². The third-order valence-electron chi connectivity index (χ3n) is 2.83. The van der Waals surface area contributed by atoms with Gasteiger partial charge >= 0.3 is 0 Å². The van der Waals surface area contributed by atoms with E-state index in [1.54, 1.807) is 13.0 Å². The third-order valence-corrected chi connectivity index (χ3v) is 2.83. The van der Waals surface area contributed by atoms with Gasteiger partial charge in [-0.15, -0.1) is 0 Å². The van der Waals surface area contributed by atoms with Crippen molar-refractivity contribution in [1.82, 2.24) is 14.6 Å². The molecule has 0 spiro atoms. The van der Waals surface area contributed by atoms with Gasteiger partial charge in [0.15, 0.2) is 5.82 Å². The van der Waals surface area contributed by atoms with Crippen LogP contribution in [0.3, 0.4) is 0 Å². The number of aryl methyl sites for hydroxylation is 1. The number of hydrogen-bond donors (Lipinski definition) is 2. The molecule has 0 unspecified atom stereocenters. The number of hydrogen-bond acceptors (Lipinski definition) is 3. The van der Waals surface area contributed by atoms with Crippen LogP contribution in [0, 0.1) is 12.7 Å². The molecule has 1 aromatic carbocycles. The Balaban J connectivity index is 2.58. The molecule has 0 aliphatic rings. The second-order valence-electron chi connectivity index (χ2n) is 4.17. The average Bonchev–Trinajstić information content (AvgIpc) is 2.70. The molecule has 0 aliphatic carbocycles. The molecule has 5 nitrogen and oxygen atoms in total. The zero-order valence-electron chi connectivity index (χ0n) is 9.57. The van der Waals surface area contributed by atoms with Gasteiger partial charge in [0.2, 0.25) is 0 Å². The number of rotatable bonds is 1. The van der Waals surface area contributed by atoms with Gasteiger partial charge in [0.1, 0.15) is 11.0 Å². The monoisotopic (exact) mass is 247 g/mol. The van der Waals surface area contributed by atoms with E-state index in [9.17, 15) is 9.18 Å². The van der Waals surface area contributed by atoms with Crippen LogP contribution < -0.4 is 5.56 Å². The van der Waals surface area contributed by atoms with Crippen LogP contribution in [0.4, 0.5) is 4.39 Å². The van der Waals surface area contributed by atoms with Crippen LogP contribution in [-0.2, 0) is 6.61 Å². The van der Waals surface area contributed by atoms with Gasteiger partial charge in [-0.05, 0) is 30.7 Å². The Morgan fingerprint density at radius 1 is 1.44 bits per heavy atom. The zero-order chi connectivity index (χ0) is 12.9. The molecule has 2 heterocycles. The van der Waals surface area contributed by atoms with Crippen molar-refractivity contribution >= 4 is 16.6 Å². The van der Waals surface area contributed by atoms with Crippen LogP contribution in [0.5, 0.6) is 0 Å². The lowest BCUT2D eigenvalue weighted by atomic mass is 10.2. The molecule has 0 atom stereocenters. The number of halogens is 1. The summed E-state index contributed by atoms with van der Waals surface area (Å²) in [6, 6.07) is 4.37. The molecule has 2 aromatic heterocycles. The molecule has 0 saturated heterocycles. The van der Waals surface area contributed by atoms with Crippen LogP contribution in [0.2, 0.25) is 0 Å². The Bertz CT molecular complexity index is 819. The van der Waals surface area contributed by atoms with Gasteiger partial charge < -0.3 is 10.1 Å². The first-order valence-corrected chi connectivity index (χ1v) is 5.42. The summed E-state index contributed by atoms with van der Waals surface area (Å²) < 4.78 is 15.3. The lowest BCUT2D eigenvalue weighted by Crippen LogP contribution is -2.11. The molecule has 18 heavy (non-hydrogen) atoms. The molecule has 92 valence electrons. The first kappa shape index (κ1) is 10.9. The van der Waals surface area contributed by atoms with E-state index in [-0.39, 0.29) is 17.7 Å². The SMILES string of the molecule is Cc1cc2c(=O)[nH]c3cc(CO)cc(F)c3n2n1. The first-order chi connectivity index (χ1) is 8.60. The van der Waals surface area contributed by atoms with E-state index in [4.69, 9.17) is 5.11 Å². The minimum atomic E-state index is -0.527. The van der Waals surface area contributed by atoms with Crippen molar-refractivity contribution in [1.29, 1.82) is 0 Å². The van der Waals surface area contributed by atoms with E-state index in [0.717, 1.165) is 0 Å². The minimum Gasteiger partial charge on any atom is -0.392 e. The molecule has 6 heteroatoms. The second-order valence-corrected chi connectivity index (χ2v) is 4.17. The quantitative estimate of drug-likeness (QED) is 0.676. The van der Waals surface area contributed by atoms with E-state index in [0.29, 0.717) is 22.3 Å². The predicted molar refractivity (Wildman–Crippen MR) is 63.9 cm³/mol. The topological polar surface area (TPSA) is 70.4 Å². The Morgan fingerprint density at radius 2 is 2.22 bits per heavy atom. The molecule has 0 radical (unpaired) electrons. The molecule has 3 aromatic rings. The Labute approximate surface area is 100 Å². The van der Waals surface area contributed by atoms with Crippen molar-refractivity contribution in [2.24, 2.45) is 0 Å². The molecule has 0 saturated carbocycles. The summed E-state index contributed by atoms with van der Waals surface area (Å²) in [6.07, 6.45) is 0. The number of aliphatic hydroxyl groups excluding tert-OH is 1. The Kier molecular flexibility index (Phi) is 2.21. The maximum Gasteiger partial charge on any atom is 0.274 e. The number of aromatic nitrogens is 3. The number of fused-ring (bicyclic) bond motifs is 3. The average molecular weight is 247 g/mol. The van der Waals surface area contributed by atoms with E-state index < -0.39 is 5.82 Å². The number of aromatic amines is 1. The van der Waals surface area contributed by atoms with Crippen molar-refractivity contribution in [2.75, 3.05) is 0 Å². The highest BCUT2D eigenvalue weighted by molar-refractivity contribution is 5.79. The lowest BCUT2D eigenvalue weighted by Gasteiger charge is -2.05. The summed E-state index contributed by atoms with van der Waals surface area (Å²) in [5, 5.41) is 13.1. The highest BCUT2D eigenvalue weighted by Gasteiger charge is 2.12. The van der Waals surface area contributed by atoms with E-state index >= 15 is 0 Å². The van der Waals surface area contributed by atoms with Gasteiger partial charge in [0.25, 0.3) is 5.56 Å². The number of benzene rings is 1. The zero-order valence-corrected chi connectivity index (χ0v) is 9.57. The van der Waals surface area contributed by atoms with E-state index in [2.05, 4.69) is 10.1 Å². The number of aliphatic hydroxyl groups is 1. The molecule has 2 N–H and O–H groups in total.